The monoisotopic (exact) mass is 293 g/mol. The number of ether oxygens (including phenoxy) is 1. The Morgan fingerprint density at radius 2 is 2.14 bits per heavy atom. The molecule has 8 heteroatoms. The summed E-state index contributed by atoms with van der Waals surface area (Å²) < 4.78 is 4.67. The number of aromatic nitrogens is 2. The molecule has 21 heavy (non-hydrogen) atoms. The highest BCUT2D eigenvalue weighted by Crippen LogP contribution is 2.19. The van der Waals surface area contributed by atoms with Gasteiger partial charge in [0.2, 0.25) is 11.9 Å². The molecular weight excluding hydrogens is 274 g/mol. The van der Waals surface area contributed by atoms with Gasteiger partial charge in [0.1, 0.15) is 0 Å². The van der Waals surface area contributed by atoms with Gasteiger partial charge in [-0.2, -0.15) is 0 Å². The highest BCUT2D eigenvalue weighted by molar-refractivity contribution is 5.81. The van der Waals surface area contributed by atoms with Crippen LogP contribution in [0, 0.1) is 5.92 Å². The molecule has 1 aliphatic heterocycles. The Morgan fingerprint density at radius 1 is 1.38 bits per heavy atom. The lowest BCUT2D eigenvalue weighted by Gasteiger charge is -2.31. The van der Waals surface area contributed by atoms with E-state index in [1.807, 2.05) is 4.90 Å². The van der Waals surface area contributed by atoms with Gasteiger partial charge in [0.15, 0.2) is 0 Å². The summed E-state index contributed by atoms with van der Waals surface area (Å²) in [4.78, 5) is 33.5. The molecule has 0 bridgehead atoms. The van der Waals surface area contributed by atoms with Gasteiger partial charge in [-0.3, -0.25) is 10.2 Å². The molecule has 1 saturated heterocycles. The number of rotatable bonds is 3. The number of nitrogens with zero attached hydrogens (tertiary/aromatic N) is 3. The lowest BCUT2D eigenvalue weighted by Crippen LogP contribution is -2.49. The Morgan fingerprint density at radius 3 is 2.86 bits per heavy atom. The molecule has 8 nitrogen and oxygen atoms in total. The smallest absolute Gasteiger partial charge is 0.426 e. The number of hydrogen-bond donors (Lipinski definition) is 2. The summed E-state index contributed by atoms with van der Waals surface area (Å²) in [5.41, 5.74) is 4.60. The van der Waals surface area contributed by atoms with Crippen molar-refractivity contribution in [2.45, 2.75) is 19.8 Å². The van der Waals surface area contributed by atoms with Crippen molar-refractivity contribution in [2.75, 3.05) is 24.6 Å². The topological polar surface area (TPSA) is 96.5 Å². The minimum atomic E-state index is -0.662. The van der Waals surface area contributed by atoms with Gasteiger partial charge in [0.05, 0.1) is 12.5 Å². The average Bonchev–Trinajstić information content (AvgIpc) is 2.54. The van der Waals surface area contributed by atoms with Crippen molar-refractivity contribution in [3.8, 4) is 0 Å². The van der Waals surface area contributed by atoms with Crippen molar-refractivity contribution < 1.29 is 14.3 Å². The lowest BCUT2D eigenvalue weighted by molar-refractivity contribution is -0.126. The van der Waals surface area contributed by atoms with E-state index in [1.54, 1.807) is 25.4 Å². The lowest BCUT2D eigenvalue weighted by atomic mass is 9.98. The fourth-order valence-electron chi connectivity index (χ4n) is 2.21. The maximum atomic E-state index is 12.0. The molecule has 0 radical (unpaired) electrons. The summed E-state index contributed by atoms with van der Waals surface area (Å²) in [6, 6.07) is 1.75. The van der Waals surface area contributed by atoms with E-state index in [0.717, 1.165) is 19.4 Å². The SMILES string of the molecule is CCOC(=O)NNC(=O)[C@@H]1CCCN(c2ncccn2)C1. The molecule has 2 N–H and O–H groups in total. The third-order valence-electron chi connectivity index (χ3n) is 3.19. The van der Waals surface area contributed by atoms with E-state index in [4.69, 9.17) is 0 Å². The van der Waals surface area contributed by atoms with Crippen molar-refractivity contribution in [3.63, 3.8) is 0 Å². The molecule has 1 aliphatic rings. The first-order valence-electron chi connectivity index (χ1n) is 6.95. The van der Waals surface area contributed by atoms with Crippen LogP contribution in [0.15, 0.2) is 18.5 Å². The number of hydrogen-bond acceptors (Lipinski definition) is 6. The fraction of sp³-hybridized carbons (Fsp3) is 0.538. The van der Waals surface area contributed by atoms with Crippen LogP contribution in [0.3, 0.4) is 0 Å². The van der Waals surface area contributed by atoms with Crippen molar-refractivity contribution in [1.82, 2.24) is 20.8 Å². The molecule has 0 unspecified atom stereocenters. The van der Waals surface area contributed by atoms with E-state index in [2.05, 4.69) is 25.6 Å². The number of carbonyl (C=O) groups is 2. The molecule has 1 fully saturated rings. The van der Waals surface area contributed by atoms with Crippen LogP contribution in [0.5, 0.6) is 0 Å². The highest BCUT2D eigenvalue weighted by Gasteiger charge is 2.27. The Kier molecular flexibility index (Phi) is 5.30. The van der Waals surface area contributed by atoms with Gasteiger partial charge in [0, 0.05) is 25.5 Å². The molecule has 1 aromatic rings. The largest absolute Gasteiger partial charge is 0.449 e. The van der Waals surface area contributed by atoms with Gasteiger partial charge in [0.25, 0.3) is 0 Å². The molecule has 2 heterocycles. The Hall–Kier alpha value is -2.38. The molecule has 0 saturated carbocycles. The number of nitrogens with one attached hydrogen (secondary N) is 2. The van der Waals surface area contributed by atoms with Crippen LogP contribution in [0.25, 0.3) is 0 Å². The van der Waals surface area contributed by atoms with Crippen molar-refractivity contribution in [1.29, 1.82) is 0 Å². The molecule has 114 valence electrons. The molecule has 1 aromatic heterocycles. The van der Waals surface area contributed by atoms with Crippen LogP contribution in [0.1, 0.15) is 19.8 Å². The molecule has 2 rings (SSSR count). The predicted octanol–water partition coefficient (Wildman–Crippen LogP) is 0.470. The van der Waals surface area contributed by atoms with E-state index in [0.29, 0.717) is 12.5 Å². The van der Waals surface area contributed by atoms with Gasteiger partial charge in [-0.1, -0.05) is 0 Å². The molecule has 2 amide bonds. The van der Waals surface area contributed by atoms with Gasteiger partial charge >= 0.3 is 6.09 Å². The zero-order chi connectivity index (χ0) is 15.1. The normalized spacial score (nSPS) is 18.0. The van der Waals surface area contributed by atoms with Crippen molar-refractivity contribution in [2.24, 2.45) is 5.92 Å². The van der Waals surface area contributed by atoms with Gasteiger partial charge in [-0.15, -0.1) is 0 Å². The standard InChI is InChI=1S/C13H19N5O3/c1-2-21-13(20)17-16-11(19)10-5-3-8-18(9-10)12-14-6-4-7-15-12/h4,6-7,10H,2-3,5,8-9H2,1H3,(H,16,19)(H,17,20)/t10-/m1/s1. The first-order chi connectivity index (χ1) is 10.2. The predicted molar refractivity (Wildman–Crippen MR) is 75.3 cm³/mol. The van der Waals surface area contributed by atoms with Gasteiger partial charge < -0.3 is 9.64 Å². The number of carbonyl (C=O) groups excluding carboxylic acids is 2. The molecule has 0 aromatic carbocycles. The number of amides is 2. The maximum Gasteiger partial charge on any atom is 0.426 e. The second kappa shape index (κ2) is 7.41. The zero-order valence-electron chi connectivity index (χ0n) is 11.9. The Labute approximate surface area is 122 Å². The zero-order valence-corrected chi connectivity index (χ0v) is 11.9. The number of hydrazine groups is 1. The molecular formula is C13H19N5O3. The third kappa shape index (κ3) is 4.30. The van der Waals surface area contributed by atoms with E-state index in [-0.39, 0.29) is 18.4 Å². The number of anilines is 1. The van der Waals surface area contributed by atoms with Crippen molar-refractivity contribution >= 4 is 17.9 Å². The quantitative estimate of drug-likeness (QED) is 0.786. The van der Waals surface area contributed by atoms with Crippen LogP contribution in [-0.4, -0.2) is 41.7 Å². The minimum Gasteiger partial charge on any atom is -0.449 e. The van der Waals surface area contributed by atoms with E-state index in [9.17, 15) is 9.59 Å². The van der Waals surface area contributed by atoms with Crippen LogP contribution >= 0.6 is 0 Å². The number of piperidine rings is 1. The fourth-order valence-corrected chi connectivity index (χ4v) is 2.21. The second-order valence-corrected chi connectivity index (χ2v) is 4.67. The summed E-state index contributed by atoms with van der Waals surface area (Å²) in [5.74, 6) is 0.168. The Bertz CT molecular complexity index is 482. The second-order valence-electron chi connectivity index (χ2n) is 4.67. The van der Waals surface area contributed by atoms with Crippen LogP contribution in [0.2, 0.25) is 0 Å². The summed E-state index contributed by atoms with van der Waals surface area (Å²) in [6.07, 6.45) is 4.32. The summed E-state index contributed by atoms with van der Waals surface area (Å²) in [5, 5.41) is 0. The average molecular weight is 293 g/mol. The van der Waals surface area contributed by atoms with Crippen LogP contribution in [0.4, 0.5) is 10.7 Å². The van der Waals surface area contributed by atoms with Gasteiger partial charge in [-0.05, 0) is 25.8 Å². The first-order valence-corrected chi connectivity index (χ1v) is 6.95. The summed E-state index contributed by atoms with van der Waals surface area (Å²) in [7, 11) is 0. The van der Waals surface area contributed by atoms with Crippen LogP contribution < -0.4 is 15.8 Å². The van der Waals surface area contributed by atoms with E-state index in [1.165, 1.54) is 0 Å². The van der Waals surface area contributed by atoms with E-state index < -0.39 is 6.09 Å². The summed E-state index contributed by atoms with van der Waals surface area (Å²) >= 11 is 0. The molecule has 0 aliphatic carbocycles. The highest BCUT2D eigenvalue weighted by atomic mass is 16.5. The molecule has 0 spiro atoms. The van der Waals surface area contributed by atoms with Crippen LogP contribution in [-0.2, 0) is 9.53 Å². The maximum absolute atomic E-state index is 12.0. The Balaban J connectivity index is 1.86. The van der Waals surface area contributed by atoms with Gasteiger partial charge in [-0.25, -0.2) is 20.2 Å². The minimum absolute atomic E-state index is 0.218. The summed E-state index contributed by atoms with van der Waals surface area (Å²) in [6.45, 7) is 3.30. The first kappa shape index (κ1) is 15.0. The van der Waals surface area contributed by atoms with Crippen molar-refractivity contribution in [3.05, 3.63) is 18.5 Å². The third-order valence-corrected chi connectivity index (χ3v) is 3.19. The van der Waals surface area contributed by atoms with E-state index >= 15 is 0 Å². The molecule has 1 atom stereocenters.